The van der Waals surface area contributed by atoms with Gasteiger partial charge in [0.15, 0.2) is 0 Å². The lowest BCUT2D eigenvalue weighted by atomic mass is 10.3. The van der Waals surface area contributed by atoms with E-state index in [0.29, 0.717) is 6.54 Å². The van der Waals surface area contributed by atoms with Gasteiger partial charge in [-0.15, -0.1) is 12.4 Å². The van der Waals surface area contributed by atoms with E-state index in [4.69, 9.17) is 0 Å². The molecular weight excluding hydrogens is 257 g/mol. The van der Waals surface area contributed by atoms with E-state index in [0.717, 1.165) is 17.1 Å². The fraction of sp³-hybridized carbons (Fsp3) is 0.455. The number of nitrogens with zero attached hydrogens (tertiary/aromatic N) is 4. The second-order valence-electron chi connectivity index (χ2n) is 3.89. The molecule has 0 amide bonds. The highest BCUT2D eigenvalue weighted by atomic mass is 35.5. The molecule has 0 fully saturated rings. The summed E-state index contributed by atoms with van der Waals surface area (Å²) in [7, 11) is 1.89. The van der Waals surface area contributed by atoms with Crippen molar-refractivity contribution in [2.75, 3.05) is 12.0 Å². The number of anilines is 1. The standard InChI is InChI=1S/C11H16FN5.ClH/c1-9-7-15-17(6-4-12)11(9)13-8-10-3-5-14-16(10)2;/h3,5,7,13H,4,6,8H2,1-2H3;1H. The average molecular weight is 274 g/mol. The van der Waals surface area contributed by atoms with E-state index < -0.39 is 6.67 Å². The lowest BCUT2D eigenvalue weighted by Gasteiger charge is -2.10. The molecule has 0 saturated carbocycles. The Hall–Kier alpha value is -1.56. The van der Waals surface area contributed by atoms with Crippen LogP contribution < -0.4 is 5.32 Å². The molecule has 18 heavy (non-hydrogen) atoms. The Bertz CT molecular complexity index is 493. The molecule has 0 aromatic carbocycles. The number of hydrogen-bond donors (Lipinski definition) is 1. The van der Waals surface area contributed by atoms with Crippen molar-refractivity contribution < 1.29 is 4.39 Å². The fourth-order valence-corrected chi connectivity index (χ4v) is 1.71. The second-order valence-corrected chi connectivity index (χ2v) is 3.89. The van der Waals surface area contributed by atoms with Crippen LogP contribution in [0.4, 0.5) is 10.2 Å². The van der Waals surface area contributed by atoms with Crippen LogP contribution in [-0.2, 0) is 20.1 Å². The maximum atomic E-state index is 12.3. The van der Waals surface area contributed by atoms with Gasteiger partial charge in [-0.3, -0.25) is 4.68 Å². The normalized spacial score (nSPS) is 10.2. The van der Waals surface area contributed by atoms with Gasteiger partial charge in [0.25, 0.3) is 0 Å². The summed E-state index contributed by atoms with van der Waals surface area (Å²) < 4.78 is 15.8. The highest BCUT2D eigenvalue weighted by Gasteiger charge is 2.07. The molecule has 1 N–H and O–H groups in total. The number of aromatic nitrogens is 4. The summed E-state index contributed by atoms with van der Waals surface area (Å²) in [5.41, 5.74) is 2.08. The largest absolute Gasteiger partial charge is 0.364 e. The van der Waals surface area contributed by atoms with Crippen molar-refractivity contribution in [1.29, 1.82) is 0 Å². The van der Waals surface area contributed by atoms with Crippen molar-refractivity contribution in [1.82, 2.24) is 19.6 Å². The van der Waals surface area contributed by atoms with Crippen molar-refractivity contribution in [2.45, 2.75) is 20.0 Å². The summed E-state index contributed by atoms with van der Waals surface area (Å²) in [6, 6.07) is 1.94. The number of nitrogens with one attached hydrogen (secondary N) is 1. The van der Waals surface area contributed by atoms with Crippen LogP contribution in [0.3, 0.4) is 0 Å². The molecule has 0 aliphatic carbocycles. The Morgan fingerprint density at radius 2 is 2.17 bits per heavy atom. The molecule has 2 aromatic rings. The van der Waals surface area contributed by atoms with Gasteiger partial charge in [0, 0.05) is 18.8 Å². The van der Waals surface area contributed by atoms with Crippen LogP contribution in [0.25, 0.3) is 0 Å². The Labute approximate surface area is 111 Å². The van der Waals surface area contributed by atoms with E-state index in [1.165, 1.54) is 0 Å². The quantitative estimate of drug-likeness (QED) is 0.906. The fourth-order valence-electron chi connectivity index (χ4n) is 1.71. The summed E-state index contributed by atoms with van der Waals surface area (Å²) in [5.74, 6) is 0.865. The van der Waals surface area contributed by atoms with Gasteiger partial charge in [0.2, 0.25) is 0 Å². The summed E-state index contributed by atoms with van der Waals surface area (Å²) in [6.07, 6.45) is 3.49. The second kappa shape index (κ2) is 6.39. The van der Waals surface area contributed by atoms with Crippen LogP contribution in [0.2, 0.25) is 0 Å². The third-order valence-electron chi connectivity index (χ3n) is 2.68. The Kier molecular flexibility index (Phi) is 5.15. The van der Waals surface area contributed by atoms with Crippen molar-refractivity contribution in [3.63, 3.8) is 0 Å². The maximum Gasteiger partial charge on any atom is 0.127 e. The zero-order chi connectivity index (χ0) is 12.3. The molecule has 2 aromatic heterocycles. The lowest BCUT2D eigenvalue weighted by molar-refractivity contribution is 0.429. The highest BCUT2D eigenvalue weighted by Crippen LogP contribution is 2.14. The minimum atomic E-state index is -0.415. The van der Waals surface area contributed by atoms with Gasteiger partial charge in [-0.25, -0.2) is 9.07 Å². The van der Waals surface area contributed by atoms with E-state index in [1.807, 2.05) is 20.0 Å². The predicted molar refractivity (Wildman–Crippen MR) is 70.7 cm³/mol. The third-order valence-corrected chi connectivity index (χ3v) is 2.68. The van der Waals surface area contributed by atoms with Gasteiger partial charge in [-0.05, 0) is 13.0 Å². The van der Waals surface area contributed by atoms with Gasteiger partial charge >= 0.3 is 0 Å². The van der Waals surface area contributed by atoms with Crippen LogP contribution in [0.1, 0.15) is 11.3 Å². The molecule has 0 aliphatic rings. The van der Waals surface area contributed by atoms with Gasteiger partial charge < -0.3 is 5.32 Å². The summed E-state index contributed by atoms with van der Waals surface area (Å²) >= 11 is 0. The minimum Gasteiger partial charge on any atom is -0.364 e. The number of halogens is 2. The first-order valence-corrected chi connectivity index (χ1v) is 5.51. The Balaban J connectivity index is 0.00000162. The van der Waals surface area contributed by atoms with Crippen LogP contribution in [0, 0.1) is 6.92 Å². The molecule has 100 valence electrons. The van der Waals surface area contributed by atoms with Crippen molar-refractivity contribution in [3.05, 3.63) is 29.7 Å². The van der Waals surface area contributed by atoms with Crippen LogP contribution in [-0.4, -0.2) is 26.2 Å². The first-order valence-electron chi connectivity index (χ1n) is 5.51. The van der Waals surface area contributed by atoms with E-state index >= 15 is 0 Å². The number of rotatable bonds is 5. The van der Waals surface area contributed by atoms with Gasteiger partial charge in [-0.1, -0.05) is 0 Å². The zero-order valence-corrected chi connectivity index (χ0v) is 11.2. The molecule has 5 nitrogen and oxygen atoms in total. The maximum absolute atomic E-state index is 12.3. The number of alkyl halides is 1. The number of hydrogen-bond acceptors (Lipinski definition) is 3. The SMILES string of the molecule is Cc1cnn(CCF)c1NCc1ccnn1C.Cl. The zero-order valence-electron chi connectivity index (χ0n) is 10.4. The molecule has 0 unspecified atom stereocenters. The third kappa shape index (κ3) is 3.01. The topological polar surface area (TPSA) is 47.7 Å². The Morgan fingerprint density at radius 1 is 1.39 bits per heavy atom. The van der Waals surface area contributed by atoms with E-state index in [-0.39, 0.29) is 19.0 Å². The average Bonchev–Trinajstić information content (AvgIpc) is 2.85. The van der Waals surface area contributed by atoms with Crippen LogP contribution in [0.15, 0.2) is 18.5 Å². The van der Waals surface area contributed by atoms with Crippen molar-refractivity contribution in [3.8, 4) is 0 Å². The molecule has 0 atom stereocenters. The van der Waals surface area contributed by atoms with Gasteiger partial charge in [-0.2, -0.15) is 10.2 Å². The van der Waals surface area contributed by atoms with Gasteiger partial charge in [0.1, 0.15) is 12.5 Å². The van der Waals surface area contributed by atoms with Crippen molar-refractivity contribution >= 4 is 18.2 Å². The molecular formula is C11H17ClFN5. The molecule has 0 radical (unpaired) electrons. The summed E-state index contributed by atoms with van der Waals surface area (Å²) in [4.78, 5) is 0. The number of aryl methyl sites for hydroxylation is 3. The molecule has 2 heterocycles. The first-order chi connectivity index (χ1) is 8.22. The summed E-state index contributed by atoms with van der Waals surface area (Å²) in [5, 5.41) is 11.5. The van der Waals surface area contributed by atoms with Crippen LogP contribution in [0.5, 0.6) is 0 Å². The van der Waals surface area contributed by atoms with E-state index in [2.05, 4.69) is 15.5 Å². The molecule has 0 bridgehead atoms. The van der Waals surface area contributed by atoms with E-state index in [9.17, 15) is 4.39 Å². The van der Waals surface area contributed by atoms with Gasteiger partial charge in [0.05, 0.1) is 25.0 Å². The molecule has 0 spiro atoms. The monoisotopic (exact) mass is 273 g/mol. The predicted octanol–water partition coefficient (Wildman–Crippen LogP) is 1.93. The highest BCUT2D eigenvalue weighted by molar-refractivity contribution is 5.85. The molecule has 2 rings (SSSR count). The smallest absolute Gasteiger partial charge is 0.127 e. The molecule has 0 saturated heterocycles. The Morgan fingerprint density at radius 3 is 2.78 bits per heavy atom. The lowest BCUT2D eigenvalue weighted by Crippen LogP contribution is -2.11. The summed E-state index contributed by atoms with van der Waals surface area (Å²) in [6.45, 7) is 2.46. The molecule has 7 heteroatoms. The van der Waals surface area contributed by atoms with E-state index in [1.54, 1.807) is 21.8 Å². The van der Waals surface area contributed by atoms with Crippen LogP contribution >= 0.6 is 12.4 Å². The molecule has 0 aliphatic heterocycles. The first kappa shape index (κ1) is 14.5. The minimum absolute atomic E-state index is 0. The van der Waals surface area contributed by atoms with Crippen molar-refractivity contribution in [2.24, 2.45) is 7.05 Å².